The van der Waals surface area contributed by atoms with E-state index in [1.165, 1.54) is 4.88 Å². The monoisotopic (exact) mass is 295 g/mol. The van der Waals surface area contributed by atoms with Gasteiger partial charge in [0.1, 0.15) is 4.83 Å². The number of aromatic nitrogens is 4. The van der Waals surface area contributed by atoms with Gasteiger partial charge in [0, 0.05) is 10.3 Å². The Morgan fingerprint density at radius 2 is 2.10 bits per heavy atom. The Balaban J connectivity index is 2.07. The van der Waals surface area contributed by atoms with Crippen LogP contribution in [-0.4, -0.2) is 19.7 Å². The maximum Gasteiger partial charge on any atom is 0.223 e. The van der Waals surface area contributed by atoms with Crippen LogP contribution in [0, 0.1) is 0 Å². The van der Waals surface area contributed by atoms with Crippen LogP contribution in [0.5, 0.6) is 0 Å². The molecular weight excluding hydrogens is 282 g/mol. The maximum absolute atomic E-state index is 5.87. The summed E-state index contributed by atoms with van der Waals surface area (Å²) in [5, 5.41) is 6.54. The highest BCUT2D eigenvalue weighted by molar-refractivity contribution is 7.18. The Kier molecular flexibility index (Phi) is 2.65. The second-order valence-corrected chi connectivity index (χ2v) is 5.92. The fourth-order valence-corrected chi connectivity index (χ4v) is 3.42. The number of thiophene rings is 1. The average molecular weight is 295 g/mol. The van der Waals surface area contributed by atoms with E-state index >= 15 is 0 Å². The fourth-order valence-electron chi connectivity index (χ4n) is 2.45. The van der Waals surface area contributed by atoms with Crippen molar-refractivity contribution in [3.63, 3.8) is 0 Å². The highest BCUT2D eigenvalue weighted by atomic mass is 32.1. The number of nitrogens with zero attached hydrogens (tertiary/aromatic N) is 4. The lowest BCUT2D eigenvalue weighted by atomic mass is 10.2. The number of aryl methyl sites for hydroxylation is 1. The van der Waals surface area contributed by atoms with Crippen molar-refractivity contribution >= 4 is 38.4 Å². The summed E-state index contributed by atoms with van der Waals surface area (Å²) in [6.07, 6.45) is 2.81. The Hall–Kier alpha value is -2.47. The number of anilines is 1. The zero-order chi connectivity index (χ0) is 14.4. The predicted molar refractivity (Wildman–Crippen MR) is 85.8 cm³/mol. The summed E-state index contributed by atoms with van der Waals surface area (Å²) in [5.74, 6) is 1.02. The molecule has 2 N–H and O–H groups in total. The van der Waals surface area contributed by atoms with Crippen molar-refractivity contribution in [3.8, 4) is 5.82 Å². The lowest BCUT2D eigenvalue weighted by Gasteiger charge is -2.05. The standard InChI is InChI=1S/C15H13N5S/c1-2-10-7-11-13(18-15(16)19-14(11)21-10)20-12-6-4-3-5-9(12)8-17-20/h3-8H,2H2,1H3,(H2,16,18,19). The predicted octanol–water partition coefficient (Wildman–Crippen LogP) is 3.17. The summed E-state index contributed by atoms with van der Waals surface area (Å²) in [5.41, 5.74) is 6.88. The van der Waals surface area contributed by atoms with Gasteiger partial charge in [-0.05, 0) is 18.6 Å². The minimum absolute atomic E-state index is 0.279. The van der Waals surface area contributed by atoms with E-state index in [-0.39, 0.29) is 5.95 Å². The number of hydrogen-bond acceptors (Lipinski definition) is 5. The van der Waals surface area contributed by atoms with Crippen molar-refractivity contribution in [2.24, 2.45) is 0 Å². The average Bonchev–Trinajstić information content (AvgIpc) is 3.09. The van der Waals surface area contributed by atoms with Gasteiger partial charge in [-0.15, -0.1) is 11.3 Å². The number of nitrogens with two attached hydrogens (primary N) is 1. The number of rotatable bonds is 2. The minimum atomic E-state index is 0.279. The summed E-state index contributed by atoms with van der Waals surface area (Å²) < 4.78 is 1.84. The van der Waals surface area contributed by atoms with Gasteiger partial charge >= 0.3 is 0 Å². The van der Waals surface area contributed by atoms with Gasteiger partial charge in [-0.25, -0.2) is 9.67 Å². The van der Waals surface area contributed by atoms with Crippen molar-refractivity contribution in [2.45, 2.75) is 13.3 Å². The van der Waals surface area contributed by atoms with E-state index in [1.54, 1.807) is 11.3 Å². The van der Waals surface area contributed by atoms with Crippen LogP contribution in [0.2, 0.25) is 0 Å². The molecule has 0 bridgehead atoms. The molecule has 0 spiro atoms. The van der Waals surface area contributed by atoms with Crippen molar-refractivity contribution in [2.75, 3.05) is 5.73 Å². The van der Waals surface area contributed by atoms with Gasteiger partial charge < -0.3 is 5.73 Å². The van der Waals surface area contributed by atoms with E-state index in [4.69, 9.17) is 5.73 Å². The van der Waals surface area contributed by atoms with Crippen LogP contribution < -0.4 is 5.73 Å². The first-order chi connectivity index (χ1) is 10.3. The first kappa shape index (κ1) is 12.3. The van der Waals surface area contributed by atoms with Crippen LogP contribution in [0.15, 0.2) is 36.5 Å². The van der Waals surface area contributed by atoms with Crippen LogP contribution in [0.3, 0.4) is 0 Å². The van der Waals surface area contributed by atoms with Crippen molar-refractivity contribution < 1.29 is 0 Å². The van der Waals surface area contributed by atoms with E-state index in [0.717, 1.165) is 33.4 Å². The first-order valence-electron chi connectivity index (χ1n) is 6.75. The molecule has 4 aromatic rings. The SMILES string of the molecule is CCc1cc2c(-n3ncc4ccccc43)nc(N)nc2s1. The van der Waals surface area contributed by atoms with Gasteiger partial charge in [0.05, 0.1) is 17.1 Å². The van der Waals surface area contributed by atoms with Crippen LogP contribution in [-0.2, 0) is 6.42 Å². The third-order valence-electron chi connectivity index (χ3n) is 3.47. The van der Waals surface area contributed by atoms with E-state index in [9.17, 15) is 0 Å². The molecule has 0 aliphatic heterocycles. The second kappa shape index (κ2) is 4.53. The molecule has 5 nitrogen and oxygen atoms in total. The molecule has 6 heteroatoms. The normalized spacial score (nSPS) is 11.5. The molecule has 0 radical (unpaired) electrons. The lowest BCUT2D eigenvalue weighted by molar-refractivity contribution is 0.882. The molecule has 0 aliphatic rings. The van der Waals surface area contributed by atoms with Crippen LogP contribution in [0.4, 0.5) is 5.95 Å². The third-order valence-corrected chi connectivity index (χ3v) is 4.64. The summed E-state index contributed by atoms with van der Waals surface area (Å²) >= 11 is 1.66. The summed E-state index contributed by atoms with van der Waals surface area (Å²) in [6.45, 7) is 2.13. The second-order valence-electron chi connectivity index (χ2n) is 4.81. The molecule has 3 aromatic heterocycles. The first-order valence-corrected chi connectivity index (χ1v) is 7.57. The van der Waals surface area contributed by atoms with Crippen LogP contribution in [0.1, 0.15) is 11.8 Å². The van der Waals surface area contributed by atoms with Crippen molar-refractivity contribution in [1.29, 1.82) is 0 Å². The number of nitrogen functional groups attached to an aromatic ring is 1. The molecule has 104 valence electrons. The van der Waals surface area contributed by atoms with E-state index in [1.807, 2.05) is 35.1 Å². The van der Waals surface area contributed by atoms with Crippen LogP contribution in [0.25, 0.3) is 26.9 Å². The quantitative estimate of drug-likeness (QED) is 0.616. The smallest absolute Gasteiger partial charge is 0.223 e. The molecule has 0 saturated carbocycles. The Morgan fingerprint density at radius 3 is 2.95 bits per heavy atom. The number of hydrogen-bond donors (Lipinski definition) is 1. The number of fused-ring (bicyclic) bond motifs is 2. The van der Waals surface area contributed by atoms with E-state index in [0.29, 0.717) is 0 Å². The van der Waals surface area contributed by atoms with Gasteiger partial charge in [0.2, 0.25) is 5.95 Å². The third kappa shape index (κ3) is 1.87. The summed E-state index contributed by atoms with van der Waals surface area (Å²) in [4.78, 5) is 10.9. The van der Waals surface area contributed by atoms with Crippen molar-refractivity contribution in [1.82, 2.24) is 19.7 Å². The zero-order valence-corrected chi connectivity index (χ0v) is 12.3. The number of para-hydroxylation sites is 1. The van der Waals surface area contributed by atoms with Crippen LogP contribution >= 0.6 is 11.3 Å². The van der Waals surface area contributed by atoms with Crippen molar-refractivity contribution in [3.05, 3.63) is 41.4 Å². The highest BCUT2D eigenvalue weighted by Crippen LogP contribution is 2.30. The van der Waals surface area contributed by atoms with Gasteiger partial charge in [0.25, 0.3) is 0 Å². The van der Waals surface area contributed by atoms with Gasteiger partial charge in [-0.1, -0.05) is 25.1 Å². The molecule has 0 aliphatic carbocycles. The molecular formula is C15H13N5S. The number of benzene rings is 1. The summed E-state index contributed by atoms with van der Waals surface area (Å²) in [6, 6.07) is 10.2. The molecule has 4 rings (SSSR count). The minimum Gasteiger partial charge on any atom is -0.368 e. The largest absolute Gasteiger partial charge is 0.368 e. The molecule has 0 amide bonds. The molecule has 0 saturated heterocycles. The highest BCUT2D eigenvalue weighted by Gasteiger charge is 2.14. The van der Waals surface area contributed by atoms with Gasteiger partial charge in [0.15, 0.2) is 5.82 Å². The Morgan fingerprint density at radius 1 is 1.24 bits per heavy atom. The molecule has 21 heavy (non-hydrogen) atoms. The molecule has 3 heterocycles. The summed E-state index contributed by atoms with van der Waals surface area (Å²) in [7, 11) is 0. The maximum atomic E-state index is 5.87. The molecule has 1 aromatic carbocycles. The van der Waals surface area contributed by atoms with E-state index < -0.39 is 0 Å². The fraction of sp³-hybridized carbons (Fsp3) is 0.133. The Bertz CT molecular complexity index is 953. The van der Waals surface area contributed by atoms with Gasteiger partial charge in [-0.2, -0.15) is 10.1 Å². The lowest BCUT2D eigenvalue weighted by Crippen LogP contribution is -2.04. The Labute approximate surface area is 125 Å². The zero-order valence-electron chi connectivity index (χ0n) is 11.4. The van der Waals surface area contributed by atoms with E-state index in [2.05, 4.69) is 28.1 Å². The molecule has 0 fully saturated rings. The molecule has 0 unspecified atom stereocenters. The topological polar surface area (TPSA) is 69.6 Å². The van der Waals surface area contributed by atoms with Gasteiger partial charge in [-0.3, -0.25) is 0 Å². The molecule has 0 atom stereocenters.